The van der Waals surface area contributed by atoms with Crippen LogP contribution in [0.1, 0.15) is 47.0 Å². The first-order valence-corrected chi connectivity index (χ1v) is 8.72. The molecule has 1 N–H and O–H groups in total. The van der Waals surface area contributed by atoms with E-state index in [9.17, 15) is 4.79 Å². The topological polar surface area (TPSA) is 50.8 Å². The number of hydrogen-bond donors (Lipinski definition) is 1. The normalized spacial score (nSPS) is 30.6. The average molecular weight is 312 g/mol. The third-order valence-electron chi connectivity index (χ3n) is 5.07. The first-order chi connectivity index (χ1) is 10.5. The van der Waals surface area contributed by atoms with Crippen LogP contribution in [0.2, 0.25) is 0 Å². The van der Waals surface area contributed by atoms with Gasteiger partial charge in [0.1, 0.15) is 0 Å². The van der Waals surface area contributed by atoms with Crippen LogP contribution in [0.25, 0.3) is 0 Å². The van der Waals surface area contributed by atoms with Crippen LogP contribution < -0.4 is 5.32 Å². The monoisotopic (exact) mass is 312 g/mol. The summed E-state index contributed by atoms with van der Waals surface area (Å²) in [6.07, 6.45) is 2.75. The van der Waals surface area contributed by atoms with Gasteiger partial charge in [0.25, 0.3) is 0 Å². The number of nitrogens with one attached hydrogen (secondary N) is 1. The van der Waals surface area contributed by atoms with Gasteiger partial charge in [-0.1, -0.05) is 20.8 Å². The summed E-state index contributed by atoms with van der Waals surface area (Å²) in [7, 11) is 0. The molecule has 3 unspecified atom stereocenters. The van der Waals surface area contributed by atoms with Crippen LogP contribution >= 0.6 is 0 Å². The van der Waals surface area contributed by atoms with E-state index in [1.54, 1.807) is 0 Å². The lowest BCUT2D eigenvalue weighted by molar-refractivity contribution is -0.168. The van der Waals surface area contributed by atoms with Gasteiger partial charge in [-0.2, -0.15) is 0 Å². The van der Waals surface area contributed by atoms with Crippen molar-refractivity contribution >= 4 is 5.91 Å². The van der Waals surface area contributed by atoms with Gasteiger partial charge in [0, 0.05) is 43.6 Å². The molecule has 0 aromatic rings. The van der Waals surface area contributed by atoms with Crippen LogP contribution in [0, 0.1) is 5.41 Å². The first-order valence-electron chi connectivity index (χ1n) is 8.72. The summed E-state index contributed by atoms with van der Waals surface area (Å²) in [5.74, 6) is 0.248. The summed E-state index contributed by atoms with van der Waals surface area (Å²) in [6.45, 7) is 12.4. The molecule has 1 heterocycles. The average Bonchev–Trinajstić information content (AvgIpc) is 2.50. The third kappa shape index (κ3) is 3.81. The molecule has 0 bridgehead atoms. The minimum atomic E-state index is 0.0390. The van der Waals surface area contributed by atoms with E-state index in [-0.39, 0.29) is 23.5 Å². The number of carbonyl (C=O) groups is 1. The molecular weight excluding hydrogens is 280 g/mol. The van der Waals surface area contributed by atoms with E-state index in [4.69, 9.17) is 9.47 Å². The minimum absolute atomic E-state index is 0.0390. The van der Waals surface area contributed by atoms with Gasteiger partial charge in [-0.25, -0.2) is 0 Å². The van der Waals surface area contributed by atoms with Gasteiger partial charge in [-0.05, 0) is 19.8 Å². The Morgan fingerprint density at radius 1 is 1.41 bits per heavy atom. The fraction of sp³-hybridized carbons (Fsp3) is 0.941. The van der Waals surface area contributed by atoms with Crippen LogP contribution in [-0.2, 0) is 14.3 Å². The first kappa shape index (κ1) is 17.7. The predicted molar refractivity (Wildman–Crippen MR) is 86.8 cm³/mol. The van der Waals surface area contributed by atoms with Crippen molar-refractivity contribution < 1.29 is 14.3 Å². The number of rotatable bonds is 7. The third-order valence-corrected chi connectivity index (χ3v) is 5.07. The molecule has 1 saturated heterocycles. The summed E-state index contributed by atoms with van der Waals surface area (Å²) in [5.41, 5.74) is 0.0390. The smallest absolute Gasteiger partial charge is 0.224 e. The molecule has 1 saturated carbocycles. The SMILES string of the molecule is CCCN(C(=O)CC1COCCN1)C1CC(OCC)C1(C)C. The maximum Gasteiger partial charge on any atom is 0.224 e. The second-order valence-corrected chi connectivity index (χ2v) is 7.03. The zero-order chi connectivity index (χ0) is 16.2. The second-order valence-electron chi connectivity index (χ2n) is 7.03. The number of carbonyl (C=O) groups excluding carboxylic acids is 1. The molecule has 3 atom stereocenters. The Bertz CT molecular complexity index is 367. The van der Waals surface area contributed by atoms with Gasteiger partial charge < -0.3 is 19.7 Å². The molecule has 5 nitrogen and oxygen atoms in total. The number of amides is 1. The highest BCUT2D eigenvalue weighted by atomic mass is 16.5. The highest BCUT2D eigenvalue weighted by molar-refractivity contribution is 5.77. The highest BCUT2D eigenvalue weighted by Gasteiger charge is 2.52. The fourth-order valence-electron chi connectivity index (χ4n) is 3.65. The van der Waals surface area contributed by atoms with Crippen molar-refractivity contribution in [2.75, 3.05) is 32.9 Å². The van der Waals surface area contributed by atoms with Crippen LogP contribution in [0.3, 0.4) is 0 Å². The standard InChI is InChI=1S/C17H32N2O3/c1-5-8-19(14-11-15(22-6-2)17(14,3)4)16(20)10-13-12-21-9-7-18-13/h13-15,18H,5-12H2,1-4H3. The lowest BCUT2D eigenvalue weighted by Gasteiger charge is -2.56. The molecule has 1 amide bonds. The van der Waals surface area contributed by atoms with E-state index in [2.05, 4.69) is 31.0 Å². The minimum Gasteiger partial charge on any atom is -0.378 e. The molecule has 128 valence electrons. The molecule has 2 fully saturated rings. The number of ether oxygens (including phenoxy) is 2. The molecule has 1 aliphatic carbocycles. The predicted octanol–water partition coefficient (Wildman–Crippen LogP) is 1.81. The number of hydrogen-bond acceptors (Lipinski definition) is 4. The van der Waals surface area contributed by atoms with Gasteiger partial charge in [0.05, 0.1) is 19.3 Å². The highest BCUT2D eigenvalue weighted by Crippen LogP contribution is 2.46. The lowest BCUT2D eigenvalue weighted by atomic mass is 9.63. The maximum absolute atomic E-state index is 12.8. The van der Waals surface area contributed by atoms with Crippen molar-refractivity contribution in [1.82, 2.24) is 10.2 Å². The van der Waals surface area contributed by atoms with Crippen LogP contribution in [-0.4, -0.2) is 61.9 Å². The van der Waals surface area contributed by atoms with Crippen molar-refractivity contribution in [2.45, 2.75) is 65.1 Å². The Kier molecular flexibility index (Phi) is 6.24. The van der Waals surface area contributed by atoms with Crippen molar-refractivity contribution in [2.24, 2.45) is 5.41 Å². The Hall–Kier alpha value is -0.650. The number of morpholine rings is 1. The molecule has 2 aliphatic rings. The van der Waals surface area contributed by atoms with E-state index in [0.29, 0.717) is 19.1 Å². The zero-order valence-electron chi connectivity index (χ0n) is 14.6. The Labute approximate surface area is 134 Å². The van der Waals surface area contributed by atoms with Gasteiger partial charge in [-0.3, -0.25) is 4.79 Å². The summed E-state index contributed by atoms with van der Waals surface area (Å²) in [4.78, 5) is 14.9. The van der Waals surface area contributed by atoms with Crippen molar-refractivity contribution in [3.63, 3.8) is 0 Å². The number of nitrogens with zero attached hydrogens (tertiary/aromatic N) is 1. The van der Waals surface area contributed by atoms with E-state index in [0.717, 1.165) is 39.1 Å². The van der Waals surface area contributed by atoms with Crippen LogP contribution in [0.4, 0.5) is 0 Å². The second kappa shape index (κ2) is 7.75. The van der Waals surface area contributed by atoms with Gasteiger partial charge in [-0.15, -0.1) is 0 Å². The lowest BCUT2D eigenvalue weighted by Crippen LogP contribution is -2.64. The van der Waals surface area contributed by atoms with E-state index < -0.39 is 0 Å². The van der Waals surface area contributed by atoms with Crippen molar-refractivity contribution in [3.8, 4) is 0 Å². The molecule has 5 heteroatoms. The van der Waals surface area contributed by atoms with E-state index in [1.807, 2.05) is 6.92 Å². The van der Waals surface area contributed by atoms with Gasteiger partial charge >= 0.3 is 0 Å². The summed E-state index contributed by atoms with van der Waals surface area (Å²) >= 11 is 0. The summed E-state index contributed by atoms with van der Waals surface area (Å²) < 4.78 is 11.3. The molecule has 22 heavy (non-hydrogen) atoms. The molecular formula is C17H32N2O3. The molecule has 0 aromatic heterocycles. The largest absolute Gasteiger partial charge is 0.378 e. The Balaban J connectivity index is 1.95. The van der Waals surface area contributed by atoms with Crippen LogP contribution in [0.5, 0.6) is 0 Å². The summed E-state index contributed by atoms with van der Waals surface area (Å²) in [6, 6.07) is 0.451. The maximum atomic E-state index is 12.8. The van der Waals surface area contributed by atoms with Crippen molar-refractivity contribution in [3.05, 3.63) is 0 Å². The molecule has 0 spiro atoms. The zero-order valence-corrected chi connectivity index (χ0v) is 14.6. The molecule has 0 radical (unpaired) electrons. The Morgan fingerprint density at radius 3 is 2.73 bits per heavy atom. The molecule has 0 aromatic carbocycles. The van der Waals surface area contributed by atoms with E-state index in [1.165, 1.54) is 0 Å². The quantitative estimate of drug-likeness (QED) is 0.779. The molecule has 2 rings (SSSR count). The molecule has 1 aliphatic heterocycles. The fourth-order valence-corrected chi connectivity index (χ4v) is 3.65. The van der Waals surface area contributed by atoms with Crippen LogP contribution in [0.15, 0.2) is 0 Å². The Morgan fingerprint density at radius 2 is 2.18 bits per heavy atom. The van der Waals surface area contributed by atoms with E-state index >= 15 is 0 Å². The van der Waals surface area contributed by atoms with Gasteiger partial charge in [0.2, 0.25) is 5.91 Å². The van der Waals surface area contributed by atoms with Crippen molar-refractivity contribution in [1.29, 1.82) is 0 Å². The van der Waals surface area contributed by atoms with Gasteiger partial charge in [0.15, 0.2) is 0 Å². The summed E-state index contributed by atoms with van der Waals surface area (Å²) in [5, 5.41) is 3.37.